The first-order valence-corrected chi connectivity index (χ1v) is 7.01. The first-order valence-electron chi connectivity index (χ1n) is 7.01. The molecule has 1 rings (SSSR count). The zero-order chi connectivity index (χ0) is 12.5. The second-order valence-corrected chi connectivity index (χ2v) is 4.67. The zero-order valence-electron chi connectivity index (χ0n) is 11.3. The van der Waals surface area contributed by atoms with E-state index in [0.29, 0.717) is 0 Å². The fraction of sp³-hybridized carbons (Fsp3) is 0.923. The Morgan fingerprint density at radius 3 is 2.82 bits per heavy atom. The molecule has 100 valence electrons. The lowest BCUT2D eigenvalue weighted by atomic mass is 10.1. The van der Waals surface area contributed by atoms with E-state index in [-0.39, 0.29) is 11.9 Å². The molecule has 2 N–H and O–H groups in total. The van der Waals surface area contributed by atoms with Crippen molar-refractivity contribution >= 4 is 5.91 Å². The first-order chi connectivity index (χ1) is 8.27. The average Bonchev–Trinajstić information content (AvgIpc) is 2.55. The highest BCUT2D eigenvalue weighted by Gasteiger charge is 2.19. The Labute approximate surface area is 105 Å². The van der Waals surface area contributed by atoms with Gasteiger partial charge in [0.2, 0.25) is 5.91 Å². The highest BCUT2D eigenvalue weighted by Crippen LogP contribution is 2.05. The summed E-state index contributed by atoms with van der Waals surface area (Å²) in [6.45, 7) is 9.51. The molecule has 1 aliphatic heterocycles. The Kier molecular flexibility index (Phi) is 7.21. The summed E-state index contributed by atoms with van der Waals surface area (Å²) in [7, 11) is 0. The summed E-state index contributed by atoms with van der Waals surface area (Å²) in [6, 6.07) is 0.0363. The van der Waals surface area contributed by atoms with Crippen LogP contribution in [0.3, 0.4) is 0 Å². The van der Waals surface area contributed by atoms with E-state index in [4.69, 9.17) is 0 Å². The minimum Gasteiger partial charge on any atom is -0.355 e. The van der Waals surface area contributed by atoms with E-state index in [1.807, 2.05) is 0 Å². The van der Waals surface area contributed by atoms with Gasteiger partial charge in [0.05, 0.1) is 6.04 Å². The number of hydrogen-bond acceptors (Lipinski definition) is 3. The molecular formula is C13H27N3O. The molecule has 0 aromatic heterocycles. The highest BCUT2D eigenvalue weighted by molar-refractivity contribution is 5.81. The Balaban J connectivity index is 2.14. The maximum Gasteiger partial charge on any atom is 0.237 e. The van der Waals surface area contributed by atoms with Gasteiger partial charge in [0.25, 0.3) is 0 Å². The molecule has 1 saturated heterocycles. The van der Waals surface area contributed by atoms with Crippen molar-refractivity contribution in [3.05, 3.63) is 0 Å². The third-order valence-electron chi connectivity index (χ3n) is 3.47. The Morgan fingerprint density at radius 1 is 1.35 bits per heavy atom. The summed E-state index contributed by atoms with van der Waals surface area (Å²) < 4.78 is 0. The van der Waals surface area contributed by atoms with Crippen molar-refractivity contribution < 1.29 is 4.79 Å². The molecule has 0 spiro atoms. The molecule has 0 aromatic carbocycles. The second-order valence-electron chi connectivity index (χ2n) is 4.67. The van der Waals surface area contributed by atoms with Gasteiger partial charge in [0.15, 0.2) is 0 Å². The predicted molar refractivity (Wildman–Crippen MR) is 71.1 cm³/mol. The summed E-state index contributed by atoms with van der Waals surface area (Å²) in [6.07, 6.45) is 4.36. The molecule has 0 aromatic rings. The molecule has 0 aliphatic carbocycles. The van der Waals surface area contributed by atoms with Crippen LogP contribution in [0.25, 0.3) is 0 Å². The van der Waals surface area contributed by atoms with Crippen LogP contribution < -0.4 is 10.6 Å². The molecule has 1 atom stereocenters. The van der Waals surface area contributed by atoms with E-state index < -0.39 is 0 Å². The molecule has 17 heavy (non-hydrogen) atoms. The number of rotatable bonds is 7. The van der Waals surface area contributed by atoms with Crippen molar-refractivity contribution in [2.45, 2.75) is 45.6 Å². The van der Waals surface area contributed by atoms with Gasteiger partial charge in [-0.25, -0.2) is 0 Å². The number of carbonyl (C=O) groups is 1. The smallest absolute Gasteiger partial charge is 0.237 e. The highest BCUT2D eigenvalue weighted by atomic mass is 16.2. The van der Waals surface area contributed by atoms with E-state index in [2.05, 4.69) is 29.4 Å². The predicted octanol–water partition coefficient (Wildman–Crippen LogP) is 0.977. The molecule has 0 saturated carbocycles. The van der Waals surface area contributed by atoms with E-state index in [0.717, 1.165) is 58.4 Å². The van der Waals surface area contributed by atoms with Crippen LogP contribution in [0.4, 0.5) is 0 Å². The molecular weight excluding hydrogens is 214 g/mol. The van der Waals surface area contributed by atoms with Gasteiger partial charge in [0.1, 0.15) is 0 Å². The normalized spacial score (nSPS) is 21.4. The van der Waals surface area contributed by atoms with E-state index >= 15 is 0 Å². The van der Waals surface area contributed by atoms with Gasteiger partial charge >= 0.3 is 0 Å². The summed E-state index contributed by atoms with van der Waals surface area (Å²) in [5.41, 5.74) is 0. The van der Waals surface area contributed by atoms with Crippen LogP contribution >= 0.6 is 0 Å². The van der Waals surface area contributed by atoms with E-state index in [1.54, 1.807) is 0 Å². The minimum atomic E-state index is 0.0363. The molecule has 0 bridgehead atoms. The maximum atomic E-state index is 11.7. The molecule has 1 unspecified atom stereocenters. The molecule has 4 nitrogen and oxygen atoms in total. The van der Waals surface area contributed by atoms with Gasteiger partial charge < -0.3 is 15.5 Å². The Hall–Kier alpha value is -0.610. The van der Waals surface area contributed by atoms with Crippen molar-refractivity contribution in [3.63, 3.8) is 0 Å². The number of amides is 1. The summed E-state index contributed by atoms with van der Waals surface area (Å²) in [5.74, 6) is 0.185. The lowest BCUT2D eigenvalue weighted by molar-refractivity contribution is -0.122. The quantitative estimate of drug-likeness (QED) is 0.653. The van der Waals surface area contributed by atoms with Crippen LogP contribution in [0.2, 0.25) is 0 Å². The van der Waals surface area contributed by atoms with Gasteiger partial charge in [-0.2, -0.15) is 0 Å². The summed E-state index contributed by atoms with van der Waals surface area (Å²) >= 11 is 0. The van der Waals surface area contributed by atoms with Crippen molar-refractivity contribution in [1.82, 2.24) is 15.5 Å². The van der Waals surface area contributed by atoms with Crippen molar-refractivity contribution in [3.8, 4) is 0 Å². The van der Waals surface area contributed by atoms with E-state index in [9.17, 15) is 4.79 Å². The number of nitrogens with zero attached hydrogens (tertiary/aromatic N) is 1. The van der Waals surface area contributed by atoms with Gasteiger partial charge in [0, 0.05) is 6.54 Å². The topological polar surface area (TPSA) is 44.4 Å². The first kappa shape index (κ1) is 14.5. The van der Waals surface area contributed by atoms with Crippen LogP contribution in [0, 0.1) is 0 Å². The van der Waals surface area contributed by atoms with Crippen LogP contribution in [0.15, 0.2) is 0 Å². The van der Waals surface area contributed by atoms with Gasteiger partial charge in [-0.3, -0.25) is 4.79 Å². The second kappa shape index (κ2) is 8.48. The Bertz CT molecular complexity index is 217. The van der Waals surface area contributed by atoms with Crippen LogP contribution in [0.5, 0.6) is 0 Å². The third-order valence-corrected chi connectivity index (χ3v) is 3.47. The Morgan fingerprint density at radius 2 is 2.12 bits per heavy atom. The maximum absolute atomic E-state index is 11.7. The van der Waals surface area contributed by atoms with Crippen LogP contribution in [-0.2, 0) is 4.79 Å². The van der Waals surface area contributed by atoms with Crippen molar-refractivity contribution in [2.24, 2.45) is 0 Å². The fourth-order valence-electron chi connectivity index (χ4n) is 2.25. The molecule has 0 radical (unpaired) electrons. The number of carbonyl (C=O) groups excluding carboxylic acids is 1. The monoisotopic (exact) mass is 241 g/mol. The zero-order valence-corrected chi connectivity index (χ0v) is 11.3. The standard InChI is InChI=1S/C13H27N3O/c1-3-16(4-2)11-7-10-14-12-8-5-6-9-15-13(12)17/h12,14H,3-11H2,1-2H3,(H,15,17). The van der Waals surface area contributed by atoms with Crippen molar-refractivity contribution in [1.29, 1.82) is 0 Å². The van der Waals surface area contributed by atoms with Gasteiger partial charge in [-0.15, -0.1) is 0 Å². The summed E-state index contributed by atoms with van der Waals surface area (Å²) in [5, 5.41) is 6.33. The van der Waals surface area contributed by atoms with Crippen LogP contribution in [-0.4, -0.2) is 49.6 Å². The van der Waals surface area contributed by atoms with Gasteiger partial charge in [-0.05, 0) is 51.9 Å². The number of hydrogen-bond donors (Lipinski definition) is 2. The molecule has 4 heteroatoms. The van der Waals surface area contributed by atoms with Crippen LogP contribution in [0.1, 0.15) is 39.5 Å². The minimum absolute atomic E-state index is 0.0363. The largest absolute Gasteiger partial charge is 0.355 e. The lowest BCUT2D eigenvalue weighted by Crippen LogP contribution is -2.43. The van der Waals surface area contributed by atoms with E-state index in [1.165, 1.54) is 0 Å². The fourth-order valence-corrected chi connectivity index (χ4v) is 2.25. The lowest BCUT2D eigenvalue weighted by Gasteiger charge is -2.19. The van der Waals surface area contributed by atoms with Gasteiger partial charge in [-0.1, -0.05) is 13.8 Å². The number of nitrogens with one attached hydrogen (secondary N) is 2. The van der Waals surface area contributed by atoms with Crippen molar-refractivity contribution in [2.75, 3.05) is 32.7 Å². The third kappa shape index (κ3) is 5.50. The molecule has 1 heterocycles. The molecule has 1 fully saturated rings. The average molecular weight is 241 g/mol. The molecule has 1 aliphatic rings. The summed E-state index contributed by atoms with van der Waals surface area (Å²) in [4.78, 5) is 14.1. The molecule has 1 amide bonds. The SMILES string of the molecule is CCN(CC)CCCNC1CCCCNC1=O.